The number of nitrogens with two attached hydrogens (primary N) is 1. The van der Waals surface area contributed by atoms with Gasteiger partial charge < -0.3 is 26.4 Å². The lowest BCUT2D eigenvalue weighted by atomic mass is 10.0. The third-order valence-electron chi connectivity index (χ3n) is 2.19. The molecule has 6 N–H and O–H groups in total. The van der Waals surface area contributed by atoms with E-state index in [1.807, 2.05) is 0 Å². The van der Waals surface area contributed by atoms with Crippen molar-refractivity contribution in [2.75, 3.05) is 19.3 Å². The van der Waals surface area contributed by atoms with Crippen molar-refractivity contribution in [1.82, 2.24) is 5.32 Å². The van der Waals surface area contributed by atoms with Crippen LogP contribution in [0.1, 0.15) is 11.7 Å². The Balaban J connectivity index is 2.90. The molecule has 0 aliphatic heterocycles. The van der Waals surface area contributed by atoms with E-state index in [1.165, 1.54) is 12.1 Å². The number of phenolic OH excluding ortho intramolecular Hbond substituents is 1. The maximum atomic E-state index is 9.72. The Kier molecular flexibility index (Phi) is 3.90. The molecule has 0 aliphatic carbocycles. The maximum absolute atomic E-state index is 9.72. The van der Waals surface area contributed by atoms with E-state index in [1.54, 1.807) is 13.1 Å². The van der Waals surface area contributed by atoms with Crippen LogP contribution in [0.2, 0.25) is 0 Å². The highest BCUT2D eigenvalue weighted by Crippen LogP contribution is 2.30. The molecule has 1 rings (SSSR count). The second kappa shape index (κ2) is 4.97. The van der Waals surface area contributed by atoms with Gasteiger partial charge in [-0.15, -0.1) is 0 Å². The first-order valence-corrected chi connectivity index (χ1v) is 4.66. The third-order valence-corrected chi connectivity index (χ3v) is 2.19. The molecule has 5 nitrogen and oxygen atoms in total. The molecule has 15 heavy (non-hydrogen) atoms. The van der Waals surface area contributed by atoms with Crippen LogP contribution in [0, 0.1) is 0 Å². The maximum Gasteiger partial charge on any atom is 0.144 e. The van der Waals surface area contributed by atoms with Crippen LogP contribution in [0.15, 0.2) is 18.2 Å². The lowest BCUT2D eigenvalue weighted by Gasteiger charge is -2.19. The fraction of sp³-hybridized carbons (Fsp3) is 0.400. The molecule has 5 heteroatoms. The van der Waals surface area contributed by atoms with Crippen LogP contribution in [0.3, 0.4) is 0 Å². The molecule has 0 saturated carbocycles. The number of hydrogen-bond donors (Lipinski definition) is 5. The Bertz CT molecular complexity index is 330. The summed E-state index contributed by atoms with van der Waals surface area (Å²) >= 11 is 0. The lowest BCUT2D eigenvalue weighted by molar-refractivity contribution is 0.0189. The summed E-state index contributed by atoms with van der Waals surface area (Å²) in [6, 6.07) is 4.66. The molecule has 0 saturated heterocycles. The fourth-order valence-corrected chi connectivity index (χ4v) is 1.35. The molecule has 0 amide bonds. The van der Waals surface area contributed by atoms with Crippen LogP contribution in [0.25, 0.3) is 0 Å². The Labute approximate surface area is 88.2 Å². The summed E-state index contributed by atoms with van der Waals surface area (Å²) in [6.07, 6.45) is -2.14. The molecule has 0 radical (unpaired) electrons. The standard InChI is InChI=1S/C10H16N2O3/c1-12-5-8(13)10(15)6-3-2-4-7(11)9(6)14/h2-4,8,10,12-15H,5,11H2,1H3. The summed E-state index contributed by atoms with van der Waals surface area (Å²) in [5.74, 6) is -0.180. The van der Waals surface area contributed by atoms with Gasteiger partial charge in [0.2, 0.25) is 0 Å². The predicted molar refractivity (Wildman–Crippen MR) is 57.4 cm³/mol. The zero-order chi connectivity index (χ0) is 11.4. The van der Waals surface area contributed by atoms with Gasteiger partial charge in [0.15, 0.2) is 0 Å². The largest absolute Gasteiger partial charge is 0.505 e. The molecule has 2 atom stereocenters. The van der Waals surface area contributed by atoms with Crippen molar-refractivity contribution < 1.29 is 15.3 Å². The van der Waals surface area contributed by atoms with Gasteiger partial charge in [-0.05, 0) is 13.1 Å². The van der Waals surface area contributed by atoms with Crippen molar-refractivity contribution in [2.24, 2.45) is 0 Å². The molecule has 0 bridgehead atoms. The fourth-order valence-electron chi connectivity index (χ4n) is 1.35. The van der Waals surface area contributed by atoms with Gasteiger partial charge in [0.05, 0.1) is 11.8 Å². The van der Waals surface area contributed by atoms with Crippen LogP contribution in [-0.4, -0.2) is 35.0 Å². The Morgan fingerprint density at radius 3 is 2.67 bits per heavy atom. The van der Waals surface area contributed by atoms with E-state index >= 15 is 0 Å². The van der Waals surface area contributed by atoms with Gasteiger partial charge in [-0.3, -0.25) is 0 Å². The predicted octanol–water partition coefficient (Wildman–Crippen LogP) is -0.412. The van der Waals surface area contributed by atoms with E-state index in [4.69, 9.17) is 5.73 Å². The Morgan fingerprint density at radius 1 is 1.40 bits per heavy atom. The molecular formula is C10H16N2O3. The van der Waals surface area contributed by atoms with E-state index in [0.717, 1.165) is 0 Å². The van der Waals surface area contributed by atoms with E-state index in [0.29, 0.717) is 0 Å². The minimum Gasteiger partial charge on any atom is -0.505 e. The van der Waals surface area contributed by atoms with Gasteiger partial charge in [0.25, 0.3) is 0 Å². The van der Waals surface area contributed by atoms with Gasteiger partial charge in [-0.25, -0.2) is 0 Å². The van der Waals surface area contributed by atoms with Crippen molar-refractivity contribution in [3.63, 3.8) is 0 Å². The molecule has 0 spiro atoms. The highest BCUT2D eigenvalue weighted by molar-refractivity contribution is 5.56. The first-order valence-electron chi connectivity index (χ1n) is 4.66. The highest BCUT2D eigenvalue weighted by Gasteiger charge is 2.21. The monoisotopic (exact) mass is 212 g/mol. The van der Waals surface area contributed by atoms with E-state index in [9.17, 15) is 15.3 Å². The molecular weight excluding hydrogens is 196 g/mol. The quantitative estimate of drug-likeness (QED) is 0.345. The number of rotatable bonds is 4. The molecule has 0 aliphatic rings. The average Bonchev–Trinajstić information content (AvgIpc) is 2.21. The second-order valence-electron chi connectivity index (χ2n) is 3.35. The highest BCUT2D eigenvalue weighted by atomic mass is 16.3. The molecule has 0 fully saturated rings. The van der Waals surface area contributed by atoms with E-state index in [-0.39, 0.29) is 23.5 Å². The smallest absolute Gasteiger partial charge is 0.144 e. The van der Waals surface area contributed by atoms with Gasteiger partial charge >= 0.3 is 0 Å². The zero-order valence-corrected chi connectivity index (χ0v) is 8.51. The zero-order valence-electron chi connectivity index (χ0n) is 8.51. The topological polar surface area (TPSA) is 98.7 Å². The molecule has 1 aromatic rings. The summed E-state index contributed by atoms with van der Waals surface area (Å²) in [7, 11) is 1.66. The average molecular weight is 212 g/mol. The second-order valence-corrected chi connectivity index (χ2v) is 3.35. The van der Waals surface area contributed by atoms with Crippen LogP contribution >= 0.6 is 0 Å². The number of aliphatic hydroxyl groups excluding tert-OH is 2. The van der Waals surface area contributed by atoms with Crippen molar-refractivity contribution >= 4 is 5.69 Å². The van der Waals surface area contributed by atoms with Gasteiger partial charge in [0, 0.05) is 12.1 Å². The Morgan fingerprint density at radius 2 is 2.07 bits per heavy atom. The SMILES string of the molecule is CNCC(O)C(O)c1cccc(N)c1O. The minimum atomic E-state index is -1.15. The first-order chi connectivity index (χ1) is 7.07. The van der Waals surface area contributed by atoms with Crippen molar-refractivity contribution in [1.29, 1.82) is 0 Å². The molecule has 2 unspecified atom stereocenters. The molecule has 84 valence electrons. The van der Waals surface area contributed by atoms with Crippen LogP contribution < -0.4 is 11.1 Å². The lowest BCUT2D eigenvalue weighted by Crippen LogP contribution is -2.29. The first kappa shape index (κ1) is 11.8. The number of phenols is 1. The summed E-state index contributed by atoms with van der Waals surface area (Å²) in [5.41, 5.74) is 5.89. The number of aliphatic hydroxyl groups is 2. The van der Waals surface area contributed by atoms with Gasteiger partial charge in [0.1, 0.15) is 11.9 Å². The van der Waals surface area contributed by atoms with Crippen molar-refractivity contribution in [3.8, 4) is 5.75 Å². The van der Waals surface area contributed by atoms with Crippen LogP contribution in [0.4, 0.5) is 5.69 Å². The Hall–Kier alpha value is -1.30. The molecule has 1 aromatic carbocycles. The number of benzene rings is 1. The van der Waals surface area contributed by atoms with E-state index in [2.05, 4.69) is 5.32 Å². The normalized spacial score (nSPS) is 14.9. The van der Waals surface area contributed by atoms with Crippen molar-refractivity contribution in [2.45, 2.75) is 12.2 Å². The summed E-state index contributed by atoms with van der Waals surface area (Å²) in [4.78, 5) is 0. The van der Waals surface area contributed by atoms with E-state index < -0.39 is 12.2 Å². The number of aromatic hydroxyl groups is 1. The number of anilines is 1. The number of likely N-dealkylation sites (N-methyl/N-ethyl adjacent to an activating group) is 1. The van der Waals surface area contributed by atoms with Crippen LogP contribution in [-0.2, 0) is 0 Å². The summed E-state index contributed by atoms with van der Waals surface area (Å²) < 4.78 is 0. The van der Waals surface area contributed by atoms with Gasteiger partial charge in [-0.1, -0.05) is 12.1 Å². The minimum absolute atomic E-state index is 0.180. The number of hydrogen-bond acceptors (Lipinski definition) is 5. The van der Waals surface area contributed by atoms with Gasteiger partial charge in [-0.2, -0.15) is 0 Å². The number of nitrogen functional groups attached to an aromatic ring is 1. The van der Waals surface area contributed by atoms with Crippen molar-refractivity contribution in [3.05, 3.63) is 23.8 Å². The molecule has 0 heterocycles. The van der Waals surface area contributed by atoms with Crippen LogP contribution in [0.5, 0.6) is 5.75 Å². The summed E-state index contributed by atoms with van der Waals surface area (Å²) in [5, 5.41) is 31.5. The third kappa shape index (κ3) is 2.59. The number of para-hydroxylation sites is 1. The number of nitrogens with one attached hydrogen (secondary N) is 1. The molecule has 0 aromatic heterocycles. The summed E-state index contributed by atoms with van der Waals surface area (Å²) in [6.45, 7) is 0.232.